The maximum absolute atomic E-state index is 11.7. The highest BCUT2D eigenvalue weighted by molar-refractivity contribution is 7.18. The fourth-order valence-corrected chi connectivity index (χ4v) is 2.94. The zero-order valence-corrected chi connectivity index (χ0v) is 11.8. The van der Waals surface area contributed by atoms with Crippen molar-refractivity contribution in [2.75, 3.05) is 30.3 Å². The van der Waals surface area contributed by atoms with Crippen LogP contribution in [0, 0.1) is 5.92 Å². The summed E-state index contributed by atoms with van der Waals surface area (Å²) in [6.07, 6.45) is 2.64. The van der Waals surface area contributed by atoms with E-state index in [0.717, 1.165) is 24.0 Å². The lowest BCUT2D eigenvalue weighted by atomic mass is 10.3. The molecule has 1 fully saturated rings. The van der Waals surface area contributed by atoms with Crippen LogP contribution in [0.4, 0.5) is 10.7 Å². The quantitative estimate of drug-likeness (QED) is 0.806. The summed E-state index contributed by atoms with van der Waals surface area (Å²) < 4.78 is 5.00. The maximum Gasteiger partial charge on any atom is 0.350 e. The van der Waals surface area contributed by atoms with E-state index in [-0.39, 0.29) is 5.97 Å². The van der Waals surface area contributed by atoms with Crippen molar-refractivity contribution >= 4 is 28.0 Å². The van der Waals surface area contributed by atoms with Crippen molar-refractivity contribution in [2.24, 2.45) is 5.92 Å². The number of rotatable bonds is 6. The van der Waals surface area contributed by atoms with Crippen LogP contribution in [0.3, 0.4) is 0 Å². The zero-order chi connectivity index (χ0) is 13.1. The standard InChI is InChI=1S/C13H20N2O2S/c1-3-15(8-9-5-6-9)11-7-10(14)12(18-11)13(16)17-4-2/h7,9H,3-6,8,14H2,1-2H3. The number of hydrogen-bond acceptors (Lipinski definition) is 5. The van der Waals surface area contributed by atoms with Gasteiger partial charge in [0.25, 0.3) is 0 Å². The number of nitrogen functional groups attached to an aromatic ring is 1. The molecule has 1 aromatic rings. The zero-order valence-electron chi connectivity index (χ0n) is 10.9. The minimum atomic E-state index is -0.311. The molecule has 4 nitrogen and oxygen atoms in total. The number of thiophene rings is 1. The van der Waals surface area contributed by atoms with Gasteiger partial charge in [-0.3, -0.25) is 0 Å². The number of nitrogens with zero attached hydrogens (tertiary/aromatic N) is 1. The molecule has 1 aliphatic carbocycles. The molecular weight excluding hydrogens is 248 g/mol. The van der Waals surface area contributed by atoms with E-state index >= 15 is 0 Å². The predicted molar refractivity (Wildman–Crippen MR) is 75.3 cm³/mol. The summed E-state index contributed by atoms with van der Waals surface area (Å²) in [5, 5.41) is 1.07. The molecule has 1 heterocycles. The molecule has 1 aromatic heterocycles. The van der Waals surface area contributed by atoms with Crippen LogP contribution >= 0.6 is 11.3 Å². The normalized spacial score (nSPS) is 14.6. The first-order valence-electron chi connectivity index (χ1n) is 6.47. The fraction of sp³-hybridized carbons (Fsp3) is 0.615. The van der Waals surface area contributed by atoms with Gasteiger partial charge in [0.2, 0.25) is 0 Å². The Kier molecular flexibility index (Phi) is 4.11. The second kappa shape index (κ2) is 5.61. The van der Waals surface area contributed by atoms with Gasteiger partial charge in [0.1, 0.15) is 4.88 Å². The molecule has 0 radical (unpaired) electrons. The molecule has 18 heavy (non-hydrogen) atoms. The molecule has 1 aliphatic rings. The molecule has 0 aliphatic heterocycles. The van der Waals surface area contributed by atoms with E-state index in [1.807, 2.05) is 6.07 Å². The largest absolute Gasteiger partial charge is 0.462 e. The Hall–Kier alpha value is -1.23. The monoisotopic (exact) mass is 268 g/mol. The van der Waals surface area contributed by atoms with Gasteiger partial charge in [-0.2, -0.15) is 0 Å². The summed E-state index contributed by atoms with van der Waals surface area (Å²) in [5.41, 5.74) is 6.42. The van der Waals surface area contributed by atoms with Crippen molar-refractivity contribution in [1.82, 2.24) is 0 Å². The van der Waals surface area contributed by atoms with E-state index in [0.29, 0.717) is 17.2 Å². The van der Waals surface area contributed by atoms with Gasteiger partial charge in [-0.25, -0.2) is 4.79 Å². The third-order valence-corrected chi connectivity index (χ3v) is 4.27. The van der Waals surface area contributed by atoms with Gasteiger partial charge in [-0.05, 0) is 38.7 Å². The van der Waals surface area contributed by atoms with Crippen LogP contribution in [0.5, 0.6) is 0 Å². The Morgan fingerprint density at radius 3 is 2.83 bits per heavy atom. The third-order valence-electron chi connectivity index (χ3n) is 3.08. The smallest absolute Gasteiger partial charge is 0.350 e. The van der Waals surface area contributed by atoms with Crippen molar-refractivity contribution in [2.45, 2.75) is 26.7 Å². The van der Waals surface area contributed by atoms with E-state index in [2.05, 4.69) is 11.8 Å². The highest BCUT2D eigenvalue weighted by Crippen LogP contribution is 2.36. The topological polar surface area (TPSA) is 55.6 Å². The molecule has 0 spiro atoms. The number of carbonyl (C=O) groups is 1. The van der Waals surface area contributed by atoms with Crippen LogP contribution in [0.1, 0.15) is 36.4 Å². The second-order valence-electron chi connectivity index (χ2n) is 4.57. The van der Waals surface area contributed by atoms with Crippen LogP contribution < -0.4 is 10.6 Å². The van der Waals surface area contributed by atoms with Crippen molar-refractivity contribution < 1.29 is 9.53 Å². The van der Waals surface area contributed by atoms with E-state index in [9.17, 15) is 4.79 Å². The molecule has 2 rings (SSSR count). The average molecular weight is 268 g/mol. The third kappa shape index (κ3) is 2.96. The fourth-order valence-electron chi connectivity index (χ4n) is 1.89. The Balaban J connectivity index is 2.12. The Morgan fingerprint density at radius 1 is 1.56 bits per heavy atom. The number of esters is 1. The molecule has 100 valence electrons. The van der Waals surface area contributed by atoms with Crippen LogP contribution in [0.15, 0.2) is 6.07 Å². The van der Waals surface area contributed by atoms with Crippen LogP contribution in [0.25, 0.3) is 0 Å². The summed E-state index contributed by atoms with van der Waals surface area (Å²) >= 11 is 1.44. The first-order chi connectivity index (χ1) is 8.65. The first kappa shape index (κ1) is 13.2. The molecule has 0 aromatic carbocycles. The first-order valence-corrected chi connectivity index (χ1v) is 7.28. The highest BCUT2D eigenvalue weighted by Gasteiger charge is 2.25. The minimum Gasteiger partial charge on any atom is -0.462 e. The van der Waals surface area contributed by atoms with E-state index in [1.54, 1.807) is 6.92 Å². The summed E-state index contributed by atoms with van der Waals surface area (Å²) in [6, 6.07) is 1.89. The number of carbonyl (C=O) groups excluding carboxylic acids is 1. The molecule has 0 unspecified atom stereocenters. The molecular formula is C13H20N2O2S. The summed E-state index contributed by atoms with van der Waals surface area (Å²) in [4.78, 5) is 14.5. The van der Waals surface area contributed by atoms with Gasteiger partial charge in [0.15, 0.2) is 0 Å². The number of nitrogens with two attached hydrogens (primary N) is 1. The number of ether oxygens (including phenoxy) is 1. The van der Waals surface area contributed by atoms with Crippen LogP contribution in [-0.4, -0.2) is 25.7 Å². The molecule has 0 saturated heterocycles. The predicted octanol–water partition coefficient (Wildman–Crippen LogP) is 2.74. The van der Waals surface area contributed by atoms with E-state index in [1.165, 1.54) is 24.2 Å². The van der Waals surface area contributed by atoms with Gasteiger partial charge in [0.05, 0.1) is 17.3 Å². The summed E-state index contributed by atoms with van der Waals surface area (Å²) in [7, 11) is 0. The molecule has 2 N–H and O–H groups in total. The van der Waals surface area contributed by atoms with Gasteiger partial charge in [0, 0.05) is 13.1 Å². The lowest BCUT2D eigenvalue weighted by molar-refractivity contribution is 0.0533. The Labute approximate surface area is 112 Å². The highest BCUT2D eigenvalue weighted by atomic mass is 32.1. The van der Waals surface area contributed by atoms with Crippen molar-refractivity contribution in [1.29, 1.82) is 0 Å². The van der Waals surface area contributed by atoms with Gasteiger partial charge < -0.3 is 15.4 Å². The van der Waals surface area contributed by atoms with E-state index < -0.39 is 0 Å². The molecule has 0 bridgehead atoms. The van der Waals surface area contributed by atoms with E-state index in [4.69, 9.17) is 10.5 Å². The second-order valence-corrected chi connectivity index (χ2v) is 5.60. The summed E-state index contributed by atoms with van der Waals surface area (Å²) in [6.45, 7) is 6.32. The van der Waals surface area contributed by atoms with Crippen molar-refractivity contribution in [3.63, 3.8) is 0 Å². The molecule has 5 heteroatoms. The van der Waals surface area contributed by atoms with Crippen LogP contribution in [0.2, 0.25) is 0 Å². The maximum atomic E-state index is 11.7. The van der Waals surface area contributed by atoms with Gasteiger partial charge in [-0.1, -0.05) is 0 Å². The Morgan fingerprint density at radius 2 is 2.28 bits per heavy atom. The SMILES string of the molecule is CCOC(=O)c1sc(N(CC)CC2CC2)cc1N. The lowest BCUT2D eigenvalue weighted by Crippen LogP contribution is -2.24. The van der Waals surface area contributed by atoms with Crippen molar-refractivity contribution in [3.8, 4) is 0 Å². The van der Waals surface area contributed by atoms with Crippen molar-refractivity contribution in [3.05, 3.63) is 10.9 Å². The molecule has 0 amide bonds. The lowest BCUT2D eigenvalue weighted by Gasteiger charge is -2.20. The molecule has 1 saturated carbocycles. The number of anilines is 2. The number of hydrogen-bond donors (Lipinski definition) is 1. The van der Waals surface area contributed by atoms with Crippen LogP contribution in [-0.2, 0) is 4.74 Å². The Bertz CT molecular complexity index is 427. The minimum absolute atomic E-state index is 0.311. The van der Waals surface area contributed by atoms with Gasteiger partial charge in [-0.15, -0.1) is 11.3 Å². The summed E-state index contributed by atoms with van der Waals surface area (Å²) in [5.74, 6) is 0.507. The average Bonchev–Trinajstić information content (AvgIpc) is 3.08. The molecule has 0 atom stereocenters. The van der Waals surface area contributed by atoms with Gasteiger partial charge >= 0.3 is 5.97 Å².